The molecule has 0 saturated heterocycles. The molecular weight excluding hydrogens is 386 g/mol. The monoisotopic (exact) mass is 405 g/mol. The molecule has 30 heavy (non-hydrogen) atoms. The molecule has 3 N–H and O–H groups in total. The predicted molar refractivity (Wildman–Crippen MR) is 110 cm³/mol. The Bertz CT molecular complexity index is 1240. The summed E-state index contributed by atoms with van der Waals surface area (Å²) < 4.78 is 1.69. The lowest BCUT2D eigenvalue weighted by Crippen LogP contribution is -2.31. The van der Waals surface area contributed by atoms with Crippen molar-refractivity contribution in [3.05, 3.63) is 54.0 Å². The first-order valence-electron chi connectivity index (χ1n) is 9.20. The zero-order chi connectivity index (χ0) is 20.9. The van der Waals surface area contributed by atoms with Gasteiger partial charge in [0.05, 0.1) is 24.8 Å². The van der Waals surface area contributed by atoms with Crippen LogP contribution < -0.4 is 11.1 Å². The molecule has 0 bridgehead atoms. The van der Waals surface area contributed by atoms with E-state index in [9.17, 15) is 4.79 Å². The molecule has 0 aliphatic heterocycles. The Labute approximate surface area is 171 Å². The second kappa shape index (κ2) is 8.47. The van der Waals surface area contributed by atoms with Crippen LogP contribution in [0, 0.1) is 0 Å². The molecule has 0 fully saturated rings. The first-order chi connectivity index (χ1) is 14.6. The molecule has 11 heteroatoms. The number of urea groups is 1. The number of carbonyl (C=O) groups excluding carboxylic acids is 1. The zero-order valence-corrected chi connectivity index (χ0v) is 16.2. The van der Waals surface area contributed by atoms with E-state index in [2.05, 4.69) is 41.8 Å². The van der Waals surface area contributed by atoms with Crippen LogP contribution >= 0.6 is 0 Å². The fraction of sp³-hybridized carbons (Fsp3) is 0.211. The first kappa shape index (κ1) is 19.2. The summed E-state index contributed by atoms with van der Waals surface area (Å²) in [5.41, 5.74) is 9.03. The maximum atomic E-state index is 10.6. The standard InChI is InChI=1S/C19H19N9O2/c1-12(26-30-8-7-22-19(20)29)16-10-23-17-18(24-16)28(27-25-17)11-13-4-5-15-14(9-13)3-2-6-21-15/h2-6,9-10H,7-8,11H2,1H3,(H3,20,22,29). The highest BCUT2D eigenvalue weighted by atomic mass is 16.6. The average molecular weight is 405 g/mol. The molecule has 0 aliphatic carbocycles. The van der Waals surface area contributed by atoms with Crippen molar-refractivity contribution in [3.63, 3.8) is 0 Å². The van der Waals surface area contributed by atoms with Gasteiger partial charge in [0.25, 0.3) is 0 Å². The van der Waals surface area contributed by atoms with Gasteiger partial charge in [-0.2, -0.15) is 0 Å². The Morgan fingerprint density at radius 1 is 1.30 bits per heavy atom. The predicted octanol–water partition coefficient (Wildman–Crippen LogP) is 1.23. The quantitative estimate of drug-likeness (QED) is 0.267. The van der Waals surface area contributed by atoms with Crippen molar-refractivity contribution < 1.29 is 9.63 Å². The van der Waals surface area contributed by atoms with Gasteiger partial charge in [0, 0.05) is 11.6 Å². The molecule has 0 aliphatic rings. The fourth-order valence-corrected chi connectivity index (χ4v) is 2.84. The minimum Gasteiger partial charge on any atom is -0.394 e. The molecule has 3 aromatic heterocycles. The van der Waals surface area contributed by atoms with Crippen LogP contribution in [-0.2, 0) is 11.4 Å². The van der Waals surface area contributed by atoms with Crippen molar-refractivity contribution in [3.8, 4) is 0 Å². The van der Waals surface area contributed by atoms with Crippen molar-refractivity contribution in [1.82, 2.24) is 35.3 Å². The Balaban J connectivity index is 1.52. The molecule has 0 atom stereocenters. The van der Waals surface area contributed by atoms with Gasteiger partial charge < -0.3 is 15.9 Å². The number of pyridine rings is 1. The smallest absolute Gasteiger partial charge is 0.312 e. The highest BCUT2D eigenvalue weighted by Crippen LogP contribution is 2.15. The van der Waals surface area contributed by atoms with E-state index in [4.69, 9.17) is 10.6 Å². The second-order valence-electron chi connectivity index (χ2n) is 6.48. The van der Waals surface area contributed by atoms with Gasteiger partial charge in [-0.25, -0.2) is 19.4 Å². The van der Waals surface area contributed by atoms with E-state index in [-0.39, 0.29) is 13.2 Å². The molecule has 0 saturated carbocycles. The van der Waals surface area contributed by atoms with E-state index in [1.54, 1.807) is 24.0 Å². The normalized spacial score (nSPS) is 11.7. The number of nitrogens with one attached hydrogen (secondary N) is 1. The third kappa shape index (κ3) is 4.29. The van der Waals surface area contributed by atoms with Gasteiger partial charge in [-0.15, -0.1) is 5.10 Å². The van der Waals surface area contributed by atoms with Crippen LogP contribution in [0.4, 0.5) is 4.79 Å². The number of nitrogens with two attached hydrogens (primary N) is 1. The minimum absolute atomic E-state index is 0.187. The van der Waals surface area contributed by atoms with Crippen LogP contribution in [-0.4, -0.2) is 54.8 Å². The summed E-state index contributed by atoms with van der Waals surface area (Å²) in [5.74, 6) is 0. The fourth-order valence-electron chi connectivity index (χ4n) is 2.84. The molecule has 2 amide bonds. The molecule has 4 aromatic rings. The van der Waals surface area contributed by atoms with Crippen molar-refractivity contribution in [2.24, 2.45) is 10.9 Å². The average Bonchev–Trinajstić information content (AvgIpc) is 3.15. The van der Waals surface area contributed by atoms with Gasteiger partial charge in [-0.1, -0.05) is 22.5 Å². The number of aromatic nitrogens is 6. The van der Waals surface area contributed by atoms with Crippen LogP contribution in [0.1, 0.15) is 18.2 Å². The second-order valence-corrected chi connectivity index (χ2v) is 6.48. The largest absolute Gasteiger partial charge is 0.394 e. The number of hydrogen-bond acceptors (Lipinski definition) is 8. The van der Waals surface area contributed by atoms with E-state index < -0.39 is 6.03 Å². The number of benzene rings is 1. The van der Waals surface area contributed by atoms with Gasteiger partial charge in [0.15, 0.2) is 5.65 Å². The summed E-state index contributed by atoms with van der Waals surface area (Å²) in [6.45, 7) is 2.69. The summed E-state index contributed by atoms with van der Waals surface area (Å²) in [6.07, 6.45) is 3.33. The van der Waals surface area contributed by atoms with Gasteiger partial charge in [-0.3, -0.25) is 4.98 Å². The lowest BCUT2D eigenvalue weighted by atomic mass is 10.1. The van der Waals surface area contributed by atoms with E-state index in [0.29, 0.717) is 29.2 Å². The maximum Gasteiger partial charge on any atom is 0.312 e. The van der Waals surface area contributed by atoms with Gasteiger partial charge in [-0.05, 0) is 30.7 Å². The Morgan fingerprint density at radius 2 is 2.20 bits per heavy atom. The Kier molecular flexibility index (Phi) is 5.42. The Morgan fingerprint density at radius 3 is 3.07 bits per heavy atom. The molecular formula is C19H19N9O2. The van der Waals surface area contributed by atoms with Crippen molar-refractivity contribution in [1.29, 1.82) is 0 Å². The Hall–Kier alpha value is -4.15. The van der Waals surface area contributed by atoms with Crippen molar-refractivity contribution in [2.75, 3.05) is 13.2 Å². The first-order valence-corrected chi connectivity index (χ1v) is 9.20. The van der Waals surface area contributed by atoms with Crippen LogP contribution in [0.15, 0.2) is 47.9 Å². The van der Waals surface area contributed by atoms with Gasteiger partial charge >= 0.3 is 6.03 Å². The topological polar surface area (TPSA) is 146 Å². The molecule has 0 radical (unpaired) electrons. The minimum atomic E-state index is -0.612. The summed E-state index contributed by atoms with van der Waals surface area (Å²) in [7, 11) is 0. The number of rotatable bonds is 7. The summed E-state index contributed by atoms with van der Waals surface area (Å²) in [5, 5.41) is 15.7. The van der Waals surface area contributed by atoms with E-state index in [1.807, 2.05) is 24.3 Å². The summed E-state index contributed by atoms with van der Waals surface area (Å²) in [4.78, 5) is 29.0. The number of nitrogens with zero attached hydrogens (tertiary/aromatic N) is 7. The number of amides is 2. The lowest BCUT2D eigenvalue weighted by molar-refractivity contribution is 0.147. The maximum absolute atomic E-state index is 10.6. The van der Waals surface area contributed by atoms with Gasteiger partial charge in [0.1, 0.15) is 18.0 Å². The van der Waals surface area contributed by atoms with E-state index in [1.165, 1.54) is 0 Å². The number of carbonyl (C=O) groups is 1. The lowest BCUT2D eigenvalue weighted by Gasteiger charge is -2.05. The molecule has 0 spiro atoms. The molecule has 1 aromatic carbocycles. The van der Waals surface area contributed by atoms with Crippen LogP contribution in [0.25, 0.3) is 22.2 Å². The van der Waals surface area contributed by atoms with Crippen LogP contribution in [0.2, 0.25) is 0 Å². The summed E-state index contributed by atoms with van der Waals surface area (Å²) >= 11 is 0. The van der Waals surface area contributed by atoms with Crippen molar-refractivity contribution >= 4 is 33.9 Å². The van der Waals surface area contributed by atoms with Gasteiger partial charge in [0.2, 0.25) is 5.65 Å². The third-order valence-electron chi connectivity index (χ3n) is 4.29. The number of fused-ring (bicyclic) bond motifs is 2. The van der Waals surface area contributed by atoms with Crippen LogP contribution in [0.3, 0.4) is 0 Å². The molecule has 0 unspecified atom stereocenters. The highest BCUT2D eigenvalue weighted by molar-refractivity contribution is 5.97. The zero-order valence-electron chi connectivity index (χ0n) is 16.2. The summed E-state index contributed by atoms with van der Waals surface area (Å²) in [6, 6.07) is 9.35. The van der Waals surface area contributed by atoms with E-state index in [0.717, 1.165) is 16.5 Å². The number of hydrogen-bond donors (Lipinski definition) is 2. The molecule has 4 rings (SSSR count). The number of oxime groups is 1. The van der Waals surface area contributed by atoms with Crippen LogP contribution in [0.5, 0.6) is 0 Å². The highest BCUT2D eigenvalue weighted by Gasteiger charge is 2.11. The SMILES string of the molecule is CC(=NOCCNC(N)=O)c1cnc2nnn(Cc3ccc4ncccc4c3)c2n1. The molecule has 3 heterocycles. The van der Waals surface area contributed by atoms with Crippen molar-refractivity contribution in [2.45, 2.75) is 13.5 Å². The third-order valence-corrected chi connectivity index (χ3v) is 4.29. The number of primary amides is 1. The molecule has 11 nitrogen and oxygen atoms in total. The van der Waals surface area contributed by atoms with E-state index >= 15 is 0 Å². The molecule has 152 valence electrons.